The molecule has 2 heterocycles. The highest BCUT2D eigenvalue weighted by atomic mass is 79.9. The maximum Gasteiger partial charge on any atom is 0.251 e. The van der Waals surface area contributed by atoms with Gasteiger partial charge < -0.3 is 14.5 Å². The number of carbonyl (C=O) groups excluding carboxylic acids is 1. The van der Waals surface area contributed by atoms with E-state index in [0.717, 1.165) is 26.9 Å². The number of para-hydroxylation sites is 2. The SMILES string of the molecule is Cn1c(-c2ccc(NC(=O)Cn3cc(Br)ccc3=O)cc2)nc2ccccc21. The van der Waals surface area contributed by atoms with Gasteiger partial charge in [-0.15, -0.1) is 0 Å². The number of fused-ring (bicyclic) bond motifs is 1. The second-order valence-electron chi connectivity index (χ2n) is 6.42. The third-order valence-electron chi connectivity index (χ3n) is 4.48. The number of pyridine rings is 1. The third kappa shape index (κ3) is 3.61. The molecule has 140 valence electrons. The van der Waals surface area contributed by atoms with Crippen molar-refractivity contribution in [3.63, 3.8) is 0 Å². The number of benzene rings is 2. The van der Waals surface area contributed by atoms with Crippen molar-refractivity contribution in [2.45, 2.75) is 6.54 Å². The highest BCUT2D eigenvalue weighted by molar-refractivity contribution is 9.10. The summed E-state index contributed by atoms with van der Waals surface area (Å²) >= 11 is 3.30. The van der Waals surface area contributed by atoms with Gasteiger partial charge in [-0.2, -0.15) is 0 Å². The number of nitrogens with zero attached hydrogens (tertiary/aromatic N) is 3. The van der Waals surface area contributed by atoms with Crippen LogP contribution in [0, 0.1) is 0 Å². The molecule has 0 unspecified atom stereocenters. The van der Waals surface area contributed by atoms with Crippen molar-refractivity contribution >= 4 is 38.6 Å². The van der Waals surface area contributed by atoms with Crippen molar-refractivity contribution in [2.75, 3.05) is 5.32 Å². The number of halogens is 1. The number of rotatable bonds is 4. The first-order valence-electron chi connectivity index (χ1n) is 8.69. The number of hydrogen-bond acceptors (Lipinski definition) is 3. The second kappa shape index (κ2) is 7.44. The van der Waals surface area contributed by atoms with Gasteiger partial charge in [0, 0.05) is 35.0 Å². The fourth-order valence-corrected chi connectivity index (χ4v) is 3.47. The van der Waals surface area contributed by atoms with Gasteiger partial charge in [-0.05, 0) is 58.4 Å². The highest BCUT2D eigenvalue weighted by Gasteiger charge is 2.10. The standard InChI is InChI=1S/C21H17BrN4O2/c1-25-18-5-3-2-4-17(18)24-21(25)14-6-9-16(10-7-14)23-19(27)13-26-12-15(22)8-11-20(26)28/h2-12H,13H2,1H3,(H,23,27). The van der Waals surface area contributed by atoms with Crippen LogP contribution in [0.1, 0.15) is 0 Å². The molecule has 0 radical (unpaired) electrons. The van der Waals surface area contributed by atoms with E-state index < -0.39 is 0 Å². The molecule has 0 atom stereocenters. The van der Waals surface area contributed by atoms with Crippen molar-refractivity contribution in [1.82, 2.24) is 14.1 Å². The summed E-state index contributed by atoms with van der Waals surface area (Å²) in [5, 5.41) is 2.82. The molecule has 0 saturated heterocycles. The molecule has 28 heavy (non-hydrogen) atoms. The van der Waals surface area contributed by atoms with E-state index in [2.05, 4.69) is 26.2 Å². The summed E-state index contributed by atoms with van der Waals surface area (Å²) in [6.07, 6.45) is 1.59. The smallest absolute Gasteiger partial charge is 0.251 e. The molecule has 6 nitrogen and oxygen atoms in total. The lowest BCUT2D eigenvalue weighted by Gasteiger charge is -2.09. The zero-order valence-electron chi connectivity index (χ0n) is 15.1. The molecule has 4 rings (SSSR count). The maximum absolute atomic E-state index is 12.3. The first kappa shape index (κ1) is 18.2. The Morgan fingerprint density at radius 3 is 2.57 bits per heavy atom. The second-order valence-corrected chi connectivity index (χ2v) is 7.34. The maximum atomic E-state index is 12.3. The minimum Gasteiger partial charge on any atom is -0.327 e. The van der Waals surface area contributed by atoms with Gasteiger partial charge in [0.15, 0.2) is 0 Å². The largest absolute Gasteiger partial charge is 0.327 e. The molecule has 0 fully saturated rings. The van der Waals surface area contributed by atoms with Gasteiger partial charge >= 0.3 is 0 Å². The Kier molecular flexibility index (Phi) is 4.83. The van der Waals surface area contributed by atoms with Gasteiger partial charge in [0.25, 0.3) is 5.56 Å². The molecule has 0 saturated carbocycles. The van der Waals surface area contributed by atoms with E-state index in [4.69, 9.17) is 0 Å². The van der Waals surface area contributed by atoms with Gasteiger partial charge in [-0.25, -0.2) is 4.98 Å². The molecule has 0 aliphatic heterocycles. The lowest BCUT2D eigenvalue weighted by Crippen LogP contribution is -2.26. The molecule has 0 spiro atoms. The highest BCUT2D eigenvalue weighted by Crippen LogP contribution is 2.24. The number of hydrogen-bond donors (Lipinski definition) is 1. The zero-order chi connectivity index (χ0) is 19.7. The fourth-order valence-electron chi connectivity index (χ4n) is 3.09. The van der Waals surface area contributed by atoms with Crippen LogP contribution in [0.5, 0.6) is 0 Å². The van der Waals surface area contributed by atoms with E-state index in [1.54, 1.807) is 12.3 Å². The van der Waals surface area contributed by atoms with E-state index in [1.807, 2.05) is 60.1 Å². The van der Waals surface area contributed by atoms with Gasteiger partial charge in [0.2, 0.25) is 5.91 Å². The van der Waals surface area contributed by atoms with Crippen LogP contribution in [0.15, 0.2) is 76.1 Å². The number of carbonyl (C=O) groups is 1. The van der Waals surface area contributed by atoms with Crippen LogP contribution in [0.4, 0.5) is 5.69 Å². The van der Waals surface area contributed by atoms with Crippen LogP contribution in [-0.4, -0.2) is 20.0 Å². The number of nitrogens with one attached hydrogen (secondary N) is 1. The average molecular weight is 437 g/mol. The van der Waals surface area contributed by atoms with Gasteiger partial charge in [-0.3, -0.25) is 9.59 Å². The molecule has 0 aliphatic carbocycles. The third-order valence-corrected chi connectivity index (χ3v) is 4.94. The van der Waals surface area contributed by atoms with Crippen molar-refractivity contribution in [1.29, 1.82) is 0 Å². The summed E-state index contributed by atoms with van der Waals surface area (Å²) in [5.41, 5.74) is 3.40. The van der Waals surface area contributed by atoms with E-state index in [-0.39, 0.29) is 18.0 Å². The number of aromatic nitrogens is 3. The summed E-state index contributed by atoms with van der Waals surface area (Å²) in [5.74, 6) is 0.593. The molecule has 7 heteroatoms. The Morgan fingerprint density at radius 1 is 1.07 bits per heavy atom. The van der Waals surface area contributed by atoms with Crippen molar-refractivity contribution in [2.24, 2.45) is 7.05 Å². The Bertz CT molecular complexity index is 1230. The van der Waals surface area contributed by atoms with Crippen molar-refractivity contribution in [3.05, 3.63) is 81.7 Å². The van der Waals surface area contributed by atoms with Crippen LogP contribution in [0.25, 0.3) is 22.4 Å². The van der Waals surface area contributed by atoms with E-state index in [9.17, 15) is 9.59 Å². The van der Waals surface area contributed by atoms with Crippen LogP contribution >= 0.6 is 15.9 Å². The Labute approximate surface area is 169 Å². The summed E-state index contributed by atoms with van der Waals surface area (Å²) in [6, 6.07) is 18.5. The average Bonchev–Trinajstić information content (AvgIpc) is 3.02. The molecule has 4 aromatic rings. The molecular weight excluding hydrogens is 420 g/mol. The first-order valence-corrected chi connectivity index (χ1v) is 9.48. The van der Waals surface area contributed by atoms with Crippen LogP contribution in [0.2, 0.25) is 0 Å². The van der Waals surface area contributed by atoms with E-state index >= 15 is 0 Å². The minimum atomic E-state index is -0.268. The number of amides is 1. The number of imidazole rings is 1. The van der Waals surface area contributed by atoms with Gasteiger partial charge in [0.05, 0.1) is 11.0 Å². The van der Waals surface area contributed by atoms with Gasteiger partial charge in [0.1, 0.15) is 12.4 Å². The molecule has 2 aromatic heterocycles. The molecule has 0 aliphatic rings. The molecule has 1 amide bonds. The van der Waals surface area contributed by atoms with Crippen LogP contribution < -0.4 is 10.9 Å². The number of anilines is 1. The van der Waals surface area contributed by atoms with Crippen LogP contribution in [-0.2, 0) is 18.4 Å². The zero-order valence-corrected chi connectivity index (χ0v) is 16.7. The molecular formula is C21H17BrN4O2. The summed E-state index contributed by atoms with van der Waals surface area (Å²) in [4.78, 5) is 28.8. The predicted octanol–water partition coefficient (Wildman–Crippen LogP) is 3.80. The predicted molar refractivity (Wildman–Crippen MR) is 113 cm³/mol. The lowest BCUT2D eigenvalue weighted by molar-refractivity contribution is -0.116. The van der Waals surface area contributed by atoms with Crippen LogP contribution in [0.3, 0.4) is 0 Å². The van der Waals surface area contributed by atoms with Crippen molar-refractivity contribution in [3.8, 4) is 11.4 Å². The number of aryl methyl sites for hydroxylation is 1. The Morgan fingerprint density at radius 2 is 1.82 bits per heavy atom. The van der Waals surface area contributed by atoms with E-state index in [0.29, 0.717) is 5.69 Å². The Balaban J connectivity index is 1.51. The fraction of sp³-hybridized carbons (Fsp3) is 0.0952. The summed E-state index contributed by atoms with van der Waals surface area (Å²) in [7, 11) is 1.98. The quantitative estimate of drug-likeness (QED) is 0.528. The Hall–Kier alpha value is -3.19. The molecule has 0 bridgehead atoms. The minimum absolute atomic E-state index is 0.0508. The normalized spacial score (nSPS) is 10.9. The summed E-state index contributed by atoms with van der Waals surface area (Å²) < 4.78 is 4.14. The topological polar surface area (TPSA) is 68.9 Å². The van der Waals surface area contributed by atoms with Gasteiger partial charge in [-0.1, -0.05) is 12.1 Å². The molecule has 1 N–H and O–H groups in total. The molecule has 2 aromatic carbocycles. The summed E-state index contributed by atoms with van der Waals surface area (Å²) in [6.45, 7) is -0.0508. The van der Waals surface area contributed by atoms with E-state index in [1.165, 1.54) is 10.6 Å². The lowest BCUT2D eigenvalue weighted by atomic mass is 10.2. The first-order chi connectivity index (χ1) is 13.5. The van der Waals surface area contributed by atoms with Crippen molar-refractivity contribution < 1.29 is 4.79 Å². The monoisotopic (exact) mass is 436 g/mol.